The predicted octanol–water partition coefficient (Wildman–Crippen LogP) is 4.85. The highest BCUT2D eigenvalue weighted by Gasteiger charge is 2.28. The molecular weight excluding hydrogens is 350 g/mol. The average molecular weight is 371 g/mol. The molecule has 3 aromatic carbocycles. The summed E-state index contributed by atoms with van der Waals surface area (Å²) in [7, 11) is 0. The van der Waals surface area contributed by atoms with Crippen LogP contribution in [0.3, 0.4) is 0 Å². The van der Waals surface area contributed by atoms with Crippen LogP contribution in [0.2, 0.25) is 0 Å². The number of hydrogen-bond acceptors (Lipinski definition) is 3. The third kappa shape index (κ3) is 3.54. The van der Waals surface area contributed by atoms with Gasteiger partial charge in [0.2, 0.25) is 5.91 Å². The van der Waals surface area contributed by atoms with Gasteiger partial charge in [0.15, 0.2) is 0 Å². The molecule has 1 aliphatic rings. The van der Waals surface area contributed by atoms with Gasteiger partial charge in [-0.2, -0.15) is 0 Å². The molecule has 0 radical (unpaired) electrons. The van der Waals surface area contributed by atoms with Gasteiger partial charge in [-0.1, -0.05) is 66.7 Å². The maximum atomic E-state index is 12.6. The van der Waals surface area contributed by atoms with E-state index in [1.807, 2.05) is 72.8 Å². The number of carbonyl (C=O) groups excluding carboxylic acids is 2. The lowest BCUT2D eigenvalue weighted by Crippen LogP contribution is -2.32. The number of benzene rings is 3. The molecule has 140 valence electrons. The van der Waals surface area contributed by atoms with E-state index in [2.05, 4.69) is 0 Å². The molecule has 0 saturated carbocycles. The van der Waals surface area contributed by atoms with Crippen molar-refractivity contribution in [2.24, 2.45) is 0 Å². The molecule has 0 aliphatic carbocycles. The maximum Gasteiger partial charge on any atom is 0.308 e. The van der Waals surface area contributed by atoms with Crippen molar-refractivity contribution in [1.82, 2.24) is 4.90 Å². The van der Waals surface area contributed by atoms with Crippen molar-refractivity contribution in [3.63, 3.8) is 0 Å². The summed E-state index contributed by atoms with van der Waals surface area (Å²) >= 11 is 0. The highest BCUT2D eigenvalue weighted by molar-refractivity contribution is 5.86. The zero-order chi connectivity index (χ0) is 19.5. The van der Waals surface area contributed by atoms with Gasteiger partial charge in [-0.15, -0.1) is 0 Å². The molecule has 1 aliphatic heterocycles. The minimum Gasteiger partial charge on any atom is -0.461 e. The van der Waals surface area contributed by atoms with Crippen LogP contribution in [0.25, 0.3) is 16.8 Å². The Kier molecular flexibility index (Phi) is 4.94. The van der Waals surface area contributed by atoms with E-state index in [1.165, 1.54) is 6.92 Å². The molecule has 0 unspecified atom stereocenters. The van der Waals surface area contributed by atoms with E-state index < -0.39 is 0 Å². The molecule has 1 heterocycles. The van der Waals surface area contributed by atoms with Gasteiger partial charge in [-0.3, -0.25) is 9.59 Å². The lowest BCUT2D eigenvalue weighted by molar-refractivity contribution is -0.146. The van der Waals surface area contributed by atoms with Crippen LogP contribution in [0.5, 0.6) is 0 Å². The van der Waals surface area contributed by atoms with Crippen molar-refractivity contribution in [2.75, 3.05) is 0 Å². The number of ether oxygens (including phenoxy) is 1. The third-order valence-electron chi connectivity index (χ3n) is 5.10. The number of hydrogen-bond donors (Lipinski definition) is 0. The summed E-state index contributed by atoms with van der Waals surface area (Å²) in [5.41, 5.74) is 2.95. The molecule has 4 rings (SSSR count). The Morgan fingerprint density at radius 1 is 0.964 bits per heavy atom. The highest BCUT2D eigenvalue weighted by atomic mass is 16.5. The SMILES string of the molecule is CC(=O)N1C=Cc2ccccc2[C@H]1CC(=O)OCc1cccc2ccccc12. The van der Waals surface area contributed by atoms with Crippen molar-refractivity contribution in [2.45, 2.75) is 26.0 Å². The van der Waals surface area contributed by atoms with Gasteiger partial charge in [0, 0.05) is 13.1 Å². The third-order valence-corrected chi connectivity index (χ3v) is 5.10. The minimum absolute atomic E-state index is 0.0994. The van der Waals surface area contributed by atoms with E-state index in [0.29, 0.717) is 0 Å². The van der Waals surface area contributed by atoms with Crippen LogP contribution in [0.1, 0.15) is 36.1 Å². The Balaban J connectivity index is 1.51. The van der Waals surface area contributed by atoms with Crippen molar-refractivity contribution in [3.8, 4) is 0 Å². The van der Waals surface area contributed by atoms with Crippen LogP contribution < -0.4 is 0 Å². The Hall–Kier alpha value is -3.40. The zero-order valence-electron chi connectivity index (χ0n) is 15.7. The smallest absolute Gasteiger partial charge is 0.308 e. The Morgan fingerprint density at radius 2 is 1.71 bits per heavy atom. The molecule has 3 aromatic rings. The lowest BCUT2D eigenvalue weighted by Gasteiger charge is -2.32. The van der Waals surface area contributed by atoms with E-state index in [4.69, 9.17) is 4.74 Å². The topological polar surface area (TPSA) is 46.6 Å². The van der Waals surface area contributed by atoms with Crippen LogP contribution in [0, 0.1) is 0 Å². The van der Waals surface area contributed by atoms with Crippen LogP contribution >= 0.6 is 0 Å². The molecule has 4 nitrogen and oxygen atoms in total. The quantitative estimate of drug-likeness (QED) is 0.616. The monoisotopic (exact) mass is 371 g/mol. The first kappa shape index (κ1) is 18.0. The zero-order valence-corrected chi connectivity index (χ0v) is 15.7. The molecule has 1 atom stereocenters. The lowest BCUT2D eigenvalue weighted by atomic mass is 9.94. The molecule has 0 bridgehead atoms. The van der Waals surface area contributed by atoms with Crippen molar-refractivity contribution < 1.29 is 14.3 Å². The first-order valence-electron chi connectivity index (χ1n) is 9.32. The summed E-state index contributed by atoms with van der Waals surface area (Å²) in [6.07, 6.45) is 3.76. The van der Waals surface area contributed by atoms with Crippen LogP contribution in [0.15, 0.2) is 72.9 Å². The number of esters is 1. The fourth-order valence-corrected chi connectivity index (χ4v) is 3.71. The van der Waals surface area contributed by atoms with E-state index in [0.717, 1.165) is 27.5 Å². The van der Waals surface area contributed by atoms with Gasteiger partial charge in [0.25, 0.3) is 0 Å². The fourth-order valence-electron chi connectivity index (χ4n) is 3.71. The normalized spacial score (nSPS) is 15.3. The molecule has 0 aromatic heterocycles. The van der Waals surface area contributed by atoms with Crippen molar-refractivity contribution in [1.29, 1.82) is 0 Å². The second-order valence-electron chi connectivity index (χ2n) is 6.89. The summed E-state index contributed by atoms with van der Waals surface area (Å²) in [4.78, 5) is 26.3. The summed E-state index contributed by atoms with van der Waals surface area (Å²) < 4.78 is 5.58. The summed E-state index contributed by atoms with van der Waals surface area (Å²) in [6.45, 7) is 1.72. The number of carbonyl (C=O) groups is 2. The summed E-state index contributed by atoms with van der Waals surface area (Å²) in [5.74, 6) is -0.424. The van der Waals surface area contributed by atoms with E-state index >= 15 is 0 Å². The second-order valence-corrected chi connectivity index (χ2v) is 6.89. The second kappa shape index (κ2) is 7.69. The van der Waals surface area contributed by atoms with Gasteiger partial charge in [0.05, 0.1) is 12.5 Å². The molecule has 0 spiro atoms. The largest absolute Gasteiger partial charge is 0.461 e. The van der Waals surface area contributed by atoms with Crippen LogP contribution in [0.4, 0.5) is 0 Å². The fraction of sp³-hybridized carbons (Fsp3) is 0.167. The van der Waals surface area contributed by atoms with Crippen LogP contribution in [-0.2, 0) is 20.9 Å². The van der Waals surface area contributed by atoms with Gasteiger partial charge < -0.3 is 9.64 Å². The number of amides is 1. The van der Waals surface area contributed by atoms with Gasteiger partial charge in [-0.05, 0) is 33.5 Å². The highest BCUT2D eigenvalue weighted by Crippen LogP contribution is 2.33. The summed E-state index contributed by atoms with van der Waals surface area (Å²) in [6, 6.07) is 21.5. The van der Waals surface area contributed by atoms with E-state index in [9.17, 15) is 9.59 Å². The first-order chi connectivity index (χ1) is 13.6. The van der Waals surface area contributed by atoms with Gasteiger partial charge >= 0.3 is 5.97 Å². The molecule has 0 fully saturated rings. The van der Waals surface area contributed by atoms with Gasteiger partial charge in [-0.25, -0.2) is 0 Å². The molecule has 0 saturated heterocycles. The standard InChI is InChI=1S/C24H21NO3/c1-17(26)25-14-13-19-8-3-5-12-22(19)23(25)15-24(27)28-16-20-10-6-9-18-7-2-4-11-21(18)20/h2-14,23H,15-16H2,1H3/t23-/m1/s1. The van der Waals surface area contributed by atoms with E-state index in [1.54, 1.807) is 11.1 Å². The molecular formula is C24H21NO3. The number of fused-ring (bicyclic) bond motifs is 2. The van der Waals surface area contributed by atoms with Crippen molar-refractivity contribution >= 4 is 28.7 Å². The maximum absolute atomic E-state index is 12.6. The molecule has 4 heteroatoms. The number of rotatable bonds is 4. The van der Waals surface area contributed by atoms with Crippen LogP contribution in [-0.4, -0.2) is 16.8 Å². The number of nitrogens with zero attached hydrogens (tertiary/aromatic N) is 1. The van der Waals surface area contributed by atoms with E-state index in [-0.39, 0.29) is 30.9 Å². The average Bonchev–Trinajstić information content (AvgIpc) is 2.72. The molecule has 28 heavy (non-hydrogen) atoms. The molecule has 0 N–H and O–H groups in total. The predicted molar refractivity (Wildman–Crippen MR) is 109 cm³/mol. The molecule has 1 amide bonds. The first-order valence-corrected chi connectivity index (χ1v) is 9.32. The van der Waals surface area contributed by atoms with Gasteiger partial charge in [0.1, 0.15) is 6.61 Å². The Labute approximate surface area is 164 Å². The van der Waals surface area contributed by atoms with Crippen molar-refractivity contribution in [3.05, 3.63) is 89.6 Å². The summed E-state index contributed by atoms with van der Waals surface area (Å²) in [5, 5.41) is 2.19. The Bertz CT molecular complexity index is 1060. The Morgan fingerprint density at radius 3 is 2.57 bits per heavy atom. The minimum atomic E-state index is -0.348.